The van der Waals surface area contributed by atoms with Gasteiger partial charge in [0.15, 0.2) is 5.96 Å². The minimum atomic E-state index is 0.428. The molecule has 0 bridgehead atoms. The lowest BCUT2D eigenvalue weighted by atomic mass is 9.78. The SMILES string of the molecule is CCCC1(C)CCCN(C(=NC)NCc2ccnn2C)C1. The predicted molar refractivity (Wildman–Crippen MR) is 87.2 cm³/mol. The summed E-state index contributed by atoms with van der Waals surface area (Å²) in [6.45, 7) is 7.66. The Kier molecular flexibility index (Phi) is 5.26. The molecule has 1 aromatic heterocycles. The van der Waals surface area contributed by atoms with Crippen molar-refractivity contribution >= 4 is 5.96 Å². The lowest BCUT2D eigenvalue weighted by molar-refractivity contribution is 0.142. The van der Waals surface area contributed by atoms with Crippen LogP contribution in [0.4, 0.5) is 0 Å². The third-order valence-electron chi connectivity index (χ3n) is 4.50. The zero-order chi connectivity index (χ0) is 15.3. The van der Waals surface area contributed by atoms with E-state index >= 15 is 0 Å². The first-order chi connectivity index (χ1) is 10.1. The molecule has 1 aromatic rings. The molecule has 0 spiro atoms. The van der Waals surface area contributed by atoms with Crippen molar-refractivity contribution in [3.05, 3.63) is 18.0 Å². The summed E-state index contributed by atoms with van der Waals surface area (Å²) in [5, 5.41) is 7.68. The quantitative estimate of drug-likeness (QED) is 0.684. The van der Waals surface area contributed by atoms with Gasteiger partial charge in [0.25, 0.3) is 0 Å². The lowest BCUT2D eigenvalue weighted by Gasteiger charge is -2.42. The van der Waals surface area contributed by atoms with E-state index in [1.807, 2.05) is 31.0 Å². The van der Waals surface area contributed by atoms with Crippen LogP contribution in [0.25, 0.3) is 0 Å². The van der Waals surface area contributed by atoms with E-state index in [-0.39, 0.29) is 0 Å². The summed E-state index contributed by atoms with van der Waals surface area (Å²) in [6.07, 6.45) is 6.96. The molecule has 1 N–H and O–H groups in total. The molecule has 0 aliphatic carbocycles. The van der Waals surface area contributed by atoms with Crippen molar-refractivity contribution in [2.75, 3.05) is 20.1 Å². The van der Waals surface area contributed by atoms with Gasteiger partial charge in [-0.25, -0.2) is 0 Å². The Balaban J connectivity index is 1.96. The van der Waals surface area contributed by atoms with Gasteiger partial charge in [-0.05, 0) is 30.7 Å². The molecule has 118 valence electrons. The zero-order valence-corrected chi connectivity index (χ0v) is 13.9. The largest absolute Gasteiger partial charge is 0.351 e. The van der Waals surface area contributed by atoms with Crippen molar-refractivity contribution in [3.8, 4) is 0 Å². The Hall–Kier alpha value is -1.52. The van der Waals surface area contributed by atoms with Gasteiger partial charge in [0, 0.05) is 33.4 Å². The van der Waals surface area contributed by atoms with Gasteiger partial charge in [0.1, 0.15) is 0 Å². The molecule has 1 unspecified atom stereocenters. The third-order valence-corrected chi connectivity index (χ3v) is 4.50. The normalized spacial score (nSPS) is 23.4. The van der Waals surface area contributed by atoms with E-state index in [0.717, 1.165) is 25.6 Å². The molecule has 1 fully saturated rings. The van der Waals surface area contributed by atoms with Gasteiger partial charge in [0.05, 0.1) is 12.2 Å². The second kappa shape index (κ2) is 6.96. The number of aryl methyl sites for hydroxylation is 1. The average Bonchev–Trinajstić information content (AvgIpc) is 2.85. The molecule has 5 heteroatoms. The Morgan fingerprint density at radius 2 is 2.33 bits per heavy atom. The maximum Gasteiger partial charge on any atom is 0.193 e. The number of aromatic nitrogens is 2. The summed E-state index contributed by atoms with van der Waals surface area (Å²) < 4.78 is 1.90. The molecule has 1 aliphatic rings. The van der Waals surface area contributed by atoms with Gasteiger partial charge in [-0.15, -0.1) is 0 Å². The van der Waals surface area contributed by atoms with Crippen LogP contribution in [0.2, 0.25) is 0 Å². The molecule has 2 rings (SSSR count). The van der Waals surface area contributed by atoms with Crippen LogP contribution in [0.1, 0.15) is 45.2 Å². The Bertz CT molecular complexity index is 475. The molecular formula is C16H29N5. The number of rotatable bonds is 4. The number of guanidine groups is 1. The number of likely N-dealkylation sites (tertiary alicyclic amines) is 1. The minimum absolute atomic E-state index is 0.428. The van der Waals surface area contributed by atoms with E-state index in [9.17, 15) is 0 Å². The monoisotopic (exact) mass is 291 g/mol. The maximum absolute atomic E-state index is 4.47. The summed E-state index contributed by atoms with van der Waals surface area (Å²) in [5.74, 6) is 1.01. The number of nitrogens with zero attached hydrogens (tertiary/aromatic N) is 4. The van der Waals surface area contributed by atoms with Gasteiger partial charge in [-0.2, -0.15) is 5.10 Å². The van der Waals surface area contributed by atoms with Crippen molar-refractivity contribution < 1.29 is 0 Å². The number of piperidine rings is 1. The van der Waals surface area contributed by atoms with Crippen LogP contribution in [0.15, 0.2) is 17.3 Å². The van der Waals surface area contributed by atoms with E-state index in [1.54, 1.807) is 0 Å². The standard InChI is InChI=1S/C16H29N5/c1-5-8-16(2)9-6-11-21(13-16)15(17-3)18-12-14-7-10-19-20(14)4/h7,10H,5-6,8-9,11-13H2,1-4H3,(H,17,18). The fourth-order valence-corrected chi connectivity index (χ4v) is 3.38. The Labute approximate surface area is 128 Å². The molecule has 0 radical (unpaired) electrons. The molecule has 5 nitrogen and oxygen atoms in total. The van der Waals surface area contributed by atoms with E-state index in [4.69, 9.17) is 0 Å². The highest BCUT2D eigenvalue weighted by molar-refractivity contribution is 5.80. The second-order valence-corrected chi connectivity index (χ2v) is 6.43. The molecule has 0 aromatic carbocycles. The summed E-state index contributed by atoms with van der Waals surface area (Å²) in [6, 6.07) is 2.04. The fraction of sp³-hybridized carbons (Fsp3) is 0.750. The van der Waals surface area contributed by atoms with E-state index in [1.165, 1.54) is 31.4 Å². The molecule has 0 saturated carbocycles. The van der Waals surface area contributed by atoms with Crippen molar-refractivity contribution in [2.45, 2.75) is 46.1 Å². The summed E-state index contributed by atoms with van der Waals surface area (Å²) in [7, 11) is 3.84. The average molecular weight is 291 g/mol. The van der Waals surface area contributed by atoms with Crippen molar-refractivity contribution in [3.63, 3.8) is 0 Å². The molecule has 0 amide bonds. The first-order valence-electron chi connectivity index (χ1n) is 8.00. The summed E-state index contributed by atoms with van der Waals surface area (Å²) in [4.78, 5) is 6.88. The first-order valence-corrected chi connectivity index (χ1v) is 8.00. The topological polar surface area (TPSA) is 45.4 Å². The van der Waals surface area contributed by atoms with Gasteiger partial charge >= 0.3 is 0 Å². The molecule has 21 heavy (non-hydrogen) atoms. The highest BCUT2D eigenvalue weighted by Crippen LogP contribution is 2.33. The summed E-state index contributed by atoms with van der Waals surface area (Å²) in [5.41, 5.74) is 1.60. The molecule has 1 saturated heterocycles. The number of nitrogens with one attached hydrogen (secondary N) is 1. The Morgan fingerprint density at radius 3 is 2.95 bits per heavy atom. The van der Waals surface area contributed by atoms with Crippen LogP contribution in [0.3, 0.4) is 0 Å². The number of hydrogen-bond acceptors (Lipinski definition) is 2. The van der Waals surface area contributed by atoms with Gasteiger partial charge < -0.3 is 10.2 Å². The van der Waals surface area contributed by atoms with Gasteiger partial charge in [-0.1, -0.05) is 20.3 Å². The van der Waals surface area contributed by atoms with E-state index in [0.29, 0.717) is 5.41 Å². The van der Waals surface area contributed by atoms with E-state index < -0.39 is 0 Å². The first kappa shape index (κ1) is 15.9. The fourth-order valence-electron chi connectivity index (χ4n) is 3.38. The molecular weight excluding hydrogens is 262 g/mol. The van der Waals surface area contributed by atoms with Crippen LogP contribution in [0, 0.1) is 5.41 Å². The van der Waals surface area contributed by atoms with Crippen molar-refractivity contribution in [1.82, 2.24) is 20.0 Å². The van der Waals surface area contributed by atoms with Gasteiger partial charge in [0.2, 0.25) is 0 Å². The number of aliphatic imine (C=N–C) groups is 1. The van der Waals surface area contributed by atoms with Crippen LogP contribution in [0.5, 0.6) is 0 Å². The molecule has 1 atom stereocenters. The molecule has 2 heterocycles. The molecule has 1 aliphatic heterocycles. The number of hydrogen-bond donors (Lipinski definition) is 1. The highest BCUT2D eigenvalue weighted by Gasteiger charge is 2.31. The highest BCUT2D eigenvalue weighted by atomic mass is 15.3. The third kappa shape index (κ3) is 3.99. The summed E-state index contributed by atoms with van der Waals surface area (Å²) >= 11 is 0. The zero-order valence-electron chi connectivity index (χ0n) is 13.9. The van der Waals surface area contributed by atoms with Gasteiger partial charge in [-0.3, -0.25) is 9.67 Å². The van der Waals surface area contributed by atoms with Crippen LogP contribution in [-0.4, -0.2) is 40.8 Å². The Morgan fingerprint density at radius 1 is 1.52 bits per heavy atom. The smallest absolute Gasteiger partial charge is 0.193 e. The van der Waals surface area contributed by atoms with Crippen molar-refractivity contribution in [2.24, 2.45) is 17.5 Å². The van der Waals surface area contributed by atoms with Crippen molar-refractivity contribution in [1.29, 1.82) is 0 Å². The lowest BCUT2D eigenvalue weighted by Crippen LogP contribution is -2.49. The van der Waals surface area contributed by atoms with Crippen LogP contribution in [-0.2, 0) is 13.6 Å². The maximum atomic E-state index is 4.47. The second-order valence-electron chi connectivity index (χ2n) is 6.43. The van der Waals surface area contributed by atoms with Crippen LogP contribution >= 0.6 is 0 Å². The minimum Gasteiger partial charge on any atom is -0.351 e. The van der Waals surface area contributed by atoms with E-state index in [2.05, 4.69) is 34.2 Å². The predicted octanol–water partition coefficient (Wildman–Crippen LogP) is 2.40. The van der Waals surface area contributed by atoms with Crippen LogP contribution < -0.4 is 5.32 Å².